The van der Waals surface area contributed by atoms with Crippen molar-refractivity contribution in [1.82, 2.24) is 4.90 Å². The van der Waals surface area contributed by atoms with E-state index in [2.05, 4.69) is 0 Å². The Hall–Kier alpha value is -1.88. The fourth-order valence-electron chi connectivity index (χ4n) is 3.63. The molecule has 0 spiro atoms. The molecule has 1 aromatic carbocycles. The molecule has 130 valence electrons. The molecule has 24 heavy (non-hydrogen) atoms. The van der Waals surface area contributed by atoms with Crippen LogP contribution in [-0.4, -0.2) is 47.6 Å². The Morgan fingerprint density at radius 2 is 1.79 bits per heavy atom. The lowest BCUT2D eigenvalue weighted by molar-refractivity contribution is -0.119. The highest BCUT2D eigenvalue weighted by Crippen LogP contribution is 2.24. The smallest absolute Gasteiger partial charge is 0.253 e. The van der Waals surface area contributed by atoms with Gasteiger partial charge in [0.15, 0.2) is 0 Å². The molecule has 5 heteroatoms. The zero-order valence-corrected chi connectivity index (χ0v) is 14.3. The predicted octanol–water partition coefficient (Wildman–Crippen LogP) is 2.44. The van der Waals surface area contributed by atoms with Crippen LogP contribution in [-0.2, 0) is 4.79 Å². The van der Waals surface area contributed by atoms with Crippen molar-refractivity contribution in [2.75, 3.05) is 24.5 Å². The summed E-state index contributed by atoms with van der Waals surface area (Å²) >= 11 is 0. The van der Waals surface area contributed by atoms with Crippen LogP contribution in [0.5, 0.6) is 0 Å². The number of nitrogens with zero attached hydrogens (tertiary/aromatic N) is 2. The molecule has 0 aromatic heterocycles. The van der Waals surface area contributed by atoms with Gasteiger partial charge >= 0.3 is 0 Å². The molecular formula is C19H26N2O3. The Bertz CT molecular complexity index is 589. The lowest BCUT2D eigenvalue weighted by atomic mass is 9.92. The Balaban J connectivity index is 1.63. The van der Waals surface area contributed by atoms with E-state index in [1.807, 2.05) is 41.0 Å². The van der Waals surface area contributed by atoms with E-state index in [0.717, 1.165) is 37.9 Å². The van der Waals surface area contributed by atoms with Crippen molar-refractivity contribution in [2.24, 2.45) is 5.92 Å². The minimum atomic E-state index is -0.302. The lowest BCUT2D eigenvalue weighted by Crippen LogP contribution is -2.40. The van der Waals surface area contributed by atoms with Gasteiger partial charge in [-0.25, -0.2) is 0 Å². The summed E-state index contributed by atoms with van der Waals surface area (Å²) < 4.78 is 0. The number of hydrogen-bond donors (Lipinski definition) is 1. The van der Waals surface area contributed by atoms with E-state index in [1.165, 1.54) is 0 Å². The summed E-state index contributed by atoms with van der Waals surface area (Å²) in [5.74, 6) is 0.498. The summed E-state index contributed by atoms with van der Waals surface area (Å²) in [7, 11) is 0. The molecule has 2 heterocycles. The normalized spacial score (nSPS) is 21.0. The first-order valence-corrected chi connectivity index (χ1v) is 8.94. The quantitative estimate of drug-likeness (QED) is 0.926. The van der Waals surface area contributed by atoms with Gasteiger partial charge in [0.05, 0.1) is 6.10 Å². The van der Waals surface area contributed by atoms with Crippen LogP contribution in [0.4, 0.5) is 5.69 Å². The first-order chi connectivity index (χ1) is 11.6. The summed E-state index contributed by atoms with van der Waals surface area (Å²) in [5.41, 5.74) is 1.54. The number of carbonyl (C=O) groups is 2. The van der Waals surface area contributed by atoms with Crippen LogP contribution in [0.2, 0.25) is 0 Å². The fraction of sp³-hybridized carbons (Fsp3) is 0.579. The van der Waals surface area contributed by atoms with Crippen molar-refractivity contribution in [3.63, 3.8) is 0 Å². The van der Waals surface area contributed by atoms with Crippen molar-refractivity contribution in [1.29, 1.82) is 0 Å². The van der Waals surface area contributed by atoms with Crippen LogP contribution in [0.3, 0.4) is 0 Å². The van der Waals surface area contributed by atoms with Crippen LogP contribution in [0.25, 0.3) is 0 Å². The van der Waals surface area contributed by atoms with Gasteiger partial charge in [-0.3, -0.25) is 9.59 Å². The van der Waals surface area contributed by atoms with E-state index >= 15 is 0 Å². The third-order valence-corrected chi connectivity index (χ3v) is 5.26. The third kappa shape index (κ3) is 3.61. The molecule has 1 atom stereocenters. The topological polar surface area (TPSA) is 60.9 Å². The Morgan fingerprint density at radius 1 is 1.12 bits per heavy atom. The van der Waals surface area contributed by atoms with Crippen LogP contribution < -0.4 is 4.90 Å². The van der Waals surface area contributed by atoms with Gasteiger partial charge in [-0.1, -0.05) is 0 Å². The maximum atomic E-state index is 12.6. The monoisotopic (exact) mass is 330 g/mol. The average molecular weight is 330 g/mol. The second kappa shape index (κ2) is 7.34. The average Bonchev–Trinajstić information content (AvgIpc) is 2.62. The molecule has 2 amide bonds. The first-order valence-electron chi connectivity index (χ1n) is 8.94. The molecule has 1 aromatic rings. The summed E-state index contributed by atoms with van der Waals surface area (Å²) in [5, 5.41) is 9.66. The van der Waals surface area contributed by atoms with Crippen molar-refractivity contribution in [3.05, 3.63) is 29.8 Å². The molecule has 2 aliphatic heterocycles. The van der Waals surface area contributed by atoms with E-state index < -0.39 is 0 Å². The number of amides is 2. The van der Waals surface area contributed by atoms with Gasteiger partial charge in [0, 0.05) is 37.3 Å². The maximum Gasteiger partial charge on any atom is 0.253 e. The molecule has 0 bridgehead atoms. The molecule has 1 N–H and O–H groups in total. The van der Waals surface area contributed by atoms with E-state index in [0.29, 0.717) is 31.0 Å². The van der Waals surface area contributed by atoms with Gasteiger partial charge in [0.1, 0.15) is 0 Å². The highest BCUT2D eigenvalue weighted by atomic mass is 16.3. The highest BCUT2D eigenvalue weighted by Gasteiger charge is 2.26. The number of anilines is 1. The van der Waals surface area contributed by atoms with Crippen LogP contribution in [0, 0.1) is 5.92 Å². The van der Waals surface area contributed by atoms with E-state index in [-0.39, 0.29) is 17.9 Å². The number of likely N-dealkylation sites (tertiary alicyclic amines) is 1. The van der Waals surface area contributed by atoms with E-state index in [9.17, 15) is 14.7 Å². The maximum absolute atomic E-state index is 12.6. The molecule has 2 fully saturated rings. The second-order valence-corrected chi connectivity index (χ2v) is 6.92. The van der Waals surface area contributed by atoms with E-state index in [4.69, 9.17) is 0 Å². The SMILES string of the molecule is CC(O)C1CCN(C(=O)c2ccc(N3CCCCC3=O)cc2)CC1. The summed E-state index contributed by atoms with van der Waals surface area (Å²) in [6, 6.07) is 7.39. The van der Waals surface area contributed by atoms with Gasteiger partial charge in [0.25, 0.3) is 5.91 Å². The Morgan fingerprint density at radius 3 is 2.38 bits per heavy atom. The van der Waals surface area contributed by atoms with Gasteiger partial charge in [-0.05, 0) is 62.8 Å². The first kappa shape index (κ1) is 17.0. The summed E-state index contributed by atoms with van der Waals surface area (Å²) in [6.07, 6.45) is 4.01. The Kier molecular flexibility index (Phi) is 5.19. The number of carbonyl (C=O) groups excluding carboxylic acids is 2. The zero-order valence-electron chi connectivity index (χ0n) is 14.3. The number of aliphatic hydroxyl groups excluding tert-OH is 1. The molecule has 3 rings (SSSR count). The Labute approximate surface area is 143 Å². The minimum Gasteiger partial charge on any atom is -0.393 e. The number of benzene rings is 1. The molecule has 0 saturated carbocycles. The third-order valence-electron chi connectivity index (χ3n) is 5.26. The van der Waals surface area contributed by atoms with Gasteiger partial charge in [-0.15, -0.1) is 0 Å². The van der Waals surface area contributed by atoms with Crippen molar-refractivity contribution >= 4 is 17.5 Å². The lowest BCUT2D eigenvalue weighted by Gasteiger charge is -2.33. The van der Waals surface area contributed by atoms with Crippen LogP contribution in [0.1, 0.15) is 49.4 Å². The van der Waals surface area contributed by atoms with Gasteiger partial charge in [-0.2, -0.15) is 0 Å². The fourth-order valence-corrected chi connectivity index (χ4v) is 3.63. The number of piperidine rings is 2. The van der Waals surface area contributed by atoms with Crippen LogP contribution >= 0.6 is 0 Å². The van der Waals surface area contributed by atoms with Crippen molar-refractivity contribution in [3.8, 4) is 0 Å². The van der Waals surface area contributed by atoms with Gasteiger partial charge in [0.2, 0.25) is 5.91 Å². The highest BCUT2D eigenvalue weighted by molar-refractivity contribution is 5.97. The largest absolute Gasteiger partial charge is 0.393 e. The van der Waals surface area contributed by atoms with Crippen LogP contribution in [0.15, 0.2) is 24.3 Å². The molecule has 5 nitrogen and oxygen atoms in total. The number of rotatable bonds is 3. The molecule has 1 unspecified atom stereocenters. The summed E-state index contributed by atoms with van der Waals surface area (Å²) in [4.78, 5) is 28.3. The molecular weight excluding hydrogens is 304 g/mol. The molecule has 0 radical (unpaired) electrons. The predicted molar refractivity (Wildman–Crippen MR) is 93.0 cm³/mol. The molecule has 2 aliphatic rings. The molecule has 2 saturated heterocycles. The zero-order chi connectivity index (χ0) is 17.1. The van der Waals surface area contributed by atoms with Crippen molar-refractivity contribution < 1.29 is 14.7 Å². The summed E-state index contributed by atoms with van der Waals surface area (Å²) in [6.45, 7) is 3.98. The number of hydrogen-bond acceptors (Lipinski definition) is 3. The molecule has 0 aliphatic carbocycles. The van der Waals surface area contributed by atoms with Crippen molar-refractivity contribution in [2.45, 2.75) is 45.1 Å². The second-order valence-electron chi connectivity index (χ2n) is 6.92. The van der Waals surface area contributed by atoms with Gasteiger partial charge < -0.3 is 14.9 Å². The van der Waals surface area contributed by atoms with E-state index in [1.54, 1.807) is 0 Å². The number of aliphatic hydroxyl groups is 1. The minimum absolute atomic E-state index is 0.0376. The standard InChI is InChI=1S/C19H26N2O3/c1-14(22)15-9-12-20(13-10-15)19(24)16-5-7-17(8-6-16)21-11-3-2-4-18(21)23/h5-8,14-15,22H,2-4,9-13H2,1H3.